The molecule has 2 rings (SSSR count). The summed E-state index contributed by atoms with van der Waals surface area (Å²) in [6.07, 6.45) is 0. The summed E-state index contributed by atoms with van der Waals surface area (Å²) < 4.78 is 0. The van der Waals surface area contributed by atoms with E-state index in [1.807, 2.05) is 39.8 Å². The third kappa shape index (κ3) is 3.69. The molecule has 0 aliphatic carbocycles. The van der Waals surface area contributed by atoms with Crippen molar-refractivity contribution in [3.8, 4) is 0 Å². The van der Waals surface area contributed by atoms with E-state index in [9.17, 15) is 9.59 Å². The lowest BCUT2D eigenvalue weighted by Crippen LogP contribution is -2.38. The summed E-state index contributed by atoms with van der Waals surface area (Å²) in [6.45, 7) is 8.62. The van der Waals surface area contributed by atoms with Crippen molar-refractivity contribution in [1.29, 1.82) is 0 Å². The van der Waals surface area contributed by atoms with Crippen molar-refractivity contribution in [1.82, 2.24) is 19.8 Å². The Labute approximate surface area is 142 Å². The summed E-state index contributed by atoms with van der Waals surface area (Å²) in [7, 11) is 3.50. The van der Waals surface area contributed by atoms with Crippen LogP contribution in [0.4, 0.5) is 0 Å². The number of carbonyl (C=O) groups excluding carboxylic acids is 2. The van der Waals surface area contributed by atoms with Crippen LogP contribution in [0.25, 0.3) is 0 Å². The van der Waals surface area contributed by atoms with E-state index in [4.69, 9.17) is 0 Å². The number of amides is 2. The lowest BCUT2D eigenvalue weighted by molar-refractivity contribution is 0.0712. The Morgan fingerprint density at radius 2 is 1.12 bits per heavy atom. The maximum atomic E-state index is 12.5. The molecule has 0 bridgehead atoms. The van der Waals surface area contributed by atoms with Gasteiger partial charge in [-0.2, -0.15) is 0 Å². The quantitative estimate of drug-likeness (QED) is 0.884. The van der Waals surface area contributed by atoms with Gasteiger partial charge in [0.2, 0.25) is 0 Å². The standard InChI is InChI=1S/C18H26N4O2/c1-11-9-13(3)19-15(11)17(23)21(5)7-8-22(6)18(24)16-12(2)10-14(4)20-16/h9-10,19-20H,7-8H2,1-6H3. The van der Waals surface area contributed by atoms with Crippen LogP contribution in [-0.4, -0.2) is 58.8 Å². The Balaban J connectivity index is 1.97. The van der Waals surface area contributed by atoms with Crippen LogP contribution >= 0.6 is 0 Å². The van der Waals surface area contributed by atoms with Crippen LogP contribution in [0.3, 0.4) is 0 Å². The Morgan fingerprint density at radius 1 is 0.792 bits per heavy atom. The Bertz CT molecular complexity index is 693. The van der Waals surface area contributed by atoms with E-state index in [1.54, 1.807) is 23.9 Å². The highest BCUT2D eigenvalue weighted by atomic mass is 16.2. The van der Waals surface area contributed by atoms with Gasteiger partial charge in [0.15, 0.2) is 0 Å². The van der Waals surface area contributed by atoms with E-state index < -0.39 is 0 Å². The third-order valence-electron chi connectivity index (χ3n) is 4.19. The molecular weight excluding hydrogens is 304 g/mol. The van der Waals surface area contributed by atoms with Gasteiger partial charge in [-0.1, -0.05) is 0 Å². The van der Waals surface area contributed by atoms with Crippen molar-refractivity contribution in [3.63, 3.8) is 0 Å². The first-order valence-corrected chi connectivity index (χ1v) is 8.04. The normalized spacial score (nSPS) is 10.8. The van der Waals surface area contributed by atoms with Crippen molar-refractivity contribution in [2.45, 2.75) is 27.7 Å². The number of likely N-dealkylation sites (N-methyl/N-ethyl adjacent to an activating group) is 2. The lowest BCUT2D eigenvalue weighted by atomic mass is 10.2. The van der Waals surface area contributed by atoms with Crippen LogP contribution < -0.4 is 0 Å². The molecule has 0 aromatic carbocycles. The Kier molecular flexibility index (Phi) is 5.17. The third-order valence-corrected chi connectivity index (χ3v) is 4.19. The zero-order chi connectivity index (χ0) is 18.0. The van der Waals surface area contributed by atoms with E-state index in [1.165, 1.54) is 0 Å². The number of hydrogen-bond acceptors (Lipinski definition) is 2. The molecule has 0 unspecified atom stereocenters. The number of nitrogens with zero attached hydrogens (tertiary/aromatic N) is 2. The Morgan fingerprint density at radius 3 is 1.38 bits per heavy atom. The fourth-order valence-electron chi connectivity index (χ4n) is 2.79. The van der Waals surface area contributed by atoms with Crippen LogP contribution in [0.5, 0.6) is 0 Å². The average molecular weight is 330 g/mol. The molecule has 0 radical (unpaired) electrons. The first kappa shape index (κ1) is 17.8. The second kappa shape index (κ2) is 6.95. The van der Waals surface area contributed by atoms with E-state index in [-0.39, 0.29) is 11.8 Å². The summed E-state index contributed by atoms with van der Waals surface area (Å²) in [5.74, 6) is -0.123. The summed E-state index contributed by atoms with van der Waals surface area (Å²) in [5, 5.41) is 0. The summed E-state index contributed by atoms with van der Waals surface area (Å²) in [4.78, 5) is 34.4. The molecule has 0 aliphatic heterocycles. The molecule has 2 heterocycles. The van der Waals surface area contributed by atoms with Gasteiger partial charge in [-0.3, -0.25) is 9.59 Å². The molecule has 2 aromatic rings. The molecular formula is C18H26N4O2. The highest BCUT2D eigenvalue weighted by molar-refractivity contribution is 5.95. The number of aryl methyl sites for hydroxylation is 4. The number of rotatable bonds is 5. The molecule has 0 atom stereocenters. The van der Waals surface area contributed by atoms with Crippen molar-refractivity contribution in [2.24, 2.45) is 0 Å². The maximum absolute atomic E-state index is 12.5. The van der Waals surface area contributed by atoms with Gasteiger partial charge in [-0.05, 0) is 51.0 Å². The number of H-pyrrole nitrogens is 2. The first-order chi connectivity index (χ1) is 11.2. The molecule has 0 saturated heterocycles. The van der Waals surface area contributed by atoms with Gasteiger partial charge < -0.3 is 19.8 Å². The molecule has 6 nitrogen and oxygen atoms in total. The summed E-state index contributed by atoms with van der Waals surface area (Å²) >= 11 is 0. The summed E-state index contributed by atoms with van der Waals surface area (Å²) in [6, 6.07) is 3.90. The topological polar surface area (TPSA) is 72.2 Å². The van der Waals surface area contributed by atoms with Crippen molar-refractivity contribution < 1.29 is 9.59 Å². The van der Waals surface area contributed by atoms with Crippen molar-refractivity contribution in [2.75, 3.05) is 27.2 Å². The molecule has 0 spiro atoms. The molecule has 2 aromatic heterocycles. The van der Waals surface area contributed by atoms with Crippen molar-refractivity contribution in [3.05, 3.63) is 46.0 Å². The zero-order valence-electron chi connectivity index (χ0n) is 15.3. The molecule has 6 heteroatoms. The lowest BCUT2D eigenvalue weighted by Gasteiger charge is -2.22. The van der Waals surface area contributed by atoms with Crippen LogP contribution in [0.1, 0.15) is 43.5 Å². The van der Waals surface area contributed by atoms with Crippen LogP contribution in [0, 0.1) is 27.7 Å². The SMILES string of the molecule is Cc1cc(C)c(C(=O)N(C)CCN(C)C(=O)c2[nH]c(C)cc2C)[nH]1. The zero-order valence-corrected chi connectivity index (χ0v) is 15.3. The highest BCUT2D eigenvalue weighted by Gasteiger charge is 2.19. The maximum Gasteiger partial charge on any atom is 0.270 e. The monoisotopic (exact) mass is 330 g/mol. The van der Waals surface area contributed by atoms with Crippen molar-refractivity contribution >= 4 is 11.8 Å². The minimum absolute atomic E-state index is 0.0617. The van der Waals surface area contributed by atoms with Gasteiger partial charge in [0.25, 0.3) is 11.8 Å². The highest BCUT2D eigenvalue weighted by Crippen LogP contribution is 2.13. The number of hydrogen-bond donors (Lipinski definition) is 2. The van der Waals surface area contributed by atoms with Gasteiger partial charge in [0, 0.05) is 38.6 Å². The van der Waals surface area contributed by atoms with Gasteiger partial charge in [0.05, 0.1) is 0 Å². The molecule has 2 N–H and O–H groups in total. The number of aromatic amines is 2. The van der Waals surface area contributed by atoms with Crippen LogP contribution in [-0.2, 0) is 0 Å². The molecule has 2 amide bonds. The largest absolute Gasteiger partial charge is 0.354 e. The molecule has 0 fully saturated rings. The van der Waals surface area contributed by atoms with Gasteiger partial charge in [-0.25, -0.2) is 0 Å². The molecule has 0 saturated carbocycles. The van der Waals surface area contributed by atoms with Crippen LogP contribution in [0.2, 0.25) is 0 Å². The number of aromatic nitrogens is 2. The van der Waals surface area contributed by atoms with Gasteiger partial charge in [0.1, 0.15) is 11.4 Å². The smallest absolute Gasteiger partial charge is 0.270 e. The van der Waals surface area contributed by atoms with E-state index in [0.29, 0.717) is 24.5 Å². The Hall–Kier alpha value is -2.50. The van der Waals surface area contributed by atoms with Gasteiger partial charge >= 0.3 is 0 Å². The predicted molar refractivity (Wildman–Crippen MR) is 94.5 cm³/mol. The number of nitrogens with one attached hydrogen (secondary N) is 2. The van der Waals surface area contributed by atoms with Gasteiger partial charge in [-0.15, -0.1) is 0 Å². The van der Waals surface area contributed by atoms with Crippen LogP contribution in [0.15, 0.2) is 12.1 Å². The second-order valence-corrected chi connectivity index (χ2v) is 6.47. The first-order valence-electron chi connectivity index (χ1n) is 8.04. The second-order valence-electron chi connectivity index (χ2n) is 6.47. The number of carbonyl (C=O) groups is 2. The predicted octanol–water partition coefficient (Wildman–Crippen LogP) is 2.42. The average Bonchev–Trinajstić information content (AvgIpc) is 3.03. The molecule has 24 heavy (non-hydrogen) atoms. The minimum Gasteiger partial charge on any atom is -0.354 e. The fourth-order valence-corrected chi connectivity index (χ4v) is 2.79. The molecule has 0 aliphatic rings. The summed E-state index contributed by atoms with van der Waals surface area (Å²) in [5.41, 5.74) is 5.03. The van der Waals surface area contributed by atoms with E-state index >= 15 is 0 Å². The minimum atomic E-state index is -0.0617. The van der Waals surface area contributed by atoms with E-state index in [0.717, 1.165) is 22.5 Å². The van der Waals surface area contributed by atoms with E-state index in [2.05, 4.69) is 9.97 Å². The molecule has 130 valence electrons. The fraction of sp³-hybridized carbons (Fsp3) is 0.444.